The molecule has 0 radical (unpaired) electrons. The zero-order chi connectivity index (χ0) is 21.4. The van der Waals surface area contributed by atoms with Crippen molar-refractivity contribution in [3.63, 3.8) is 0 Å². The fourth-order valence-electron chi connectivity index (χ4n) is 2.21. The molecule has 9 heteroatoms. The van der Waals surface area contributed by atoms with Crippen molar-refractivity contribution < 1.29 is 19.1 Å². The summed E-state index contributed by atoms with van der Waals surface area (Å²) in [6.07, 6.45) is 1.35. The molecule has 0 atom stereocenters. The zero-order valence-corrected chi connectivity index (χ0v) is 18.3. The van der Waals surface area contributed by atoms with Crippen LogP contribution in [0.4, 0.5) is 5.69 Å². The monoisotopic (exact) mass is 496 g/mol. The van der Waals surface area contributed by atoms with Gasteiger partial charge in [0, 0.05) is 10.2 Å². The van der Waals surface area contributed by atoms with Crippen LogP contribution in [-0.2, 0) is 14.3 Å². The number of nitriles is 1. The fourth-order valence-corrected chi connectivity index (χ4v) is 3.23. The average molecular weight is 498 g/mol. The van der Waals surface area contributed by atoms with E-state index in [1.165, 1.54) is 18.2 Å². The number of halogens is 3. The van der Waals surface area contributed by atoms with Crippen LogP contribution < -0.4 is 10.1 Å². The molecule has 1 amide bonds. The van der Waals surface area contributed by atoms with Gasteiger partial charge in [0.05, 0.1) is 16.7 Å². The van der Waals surface area contributed by atoms with Gasteiger partial charge in [-0.05, 0) is 48.9 Å². The maximum Gasteiger partial charge on any atom is 0.344 e. The van der Waals surface area contributed by atoms with Crippen LogP contribution in [0.15, 0.2) is 46.4 Å². The van der Waals surface area contributed by atoms with Crippen LogP contribution in [0.1, 0.15) is 12.5 Å². The lowest BCUT2D eigenvalue weighted by Crippen LogP contribution is -2.15. The number of rotatable bonds is 7. The molecule has 0 unspecified atom stereocenters. The molecule has 0 saturated carbocycles. The number of esters is 1. The molecule has 150 valence electrons. The van der Waals surface area contributed by atoms with E-state index in [-0.39, 0.29) is 34.6 Å². The molecule has 2 rings (SSSR count). The number of carbonyl (C=O) groups is 2. The van der Waals surface area contributed by atoms with Crippen LogP contribution in [-0.4, -0.2) is 25.1 Å². The second kappa shape index (κ2) is 10.9. The summed E-state index contributed by atoms with van der Waals surface area (Å²) in [7, 11) is 0. The van der Waals surface area contributed by atoms with E-state index < -0.39 is 11.9 Å². The van der Waals surface area contributed by atoms with Crippen LogP contribution in [0.2, 0.25) is 10.0 Å². The third-order valence-corrected chi connectivity index (χ3v) is 4.47. The molecule has 29 heavy (non-hydrogen) atoms. The summed E-state index contributed by atoms with van der Waals surface area (Å²) in [5, 5.41) is 12.2. The SMILES string of the molecule is CCOC(=O)COc1c(Cl)cc(/C=C(/C#N)C(=O)Nc2cccc(Br)c2)cc1Cl. The molecule has 2 aromatic carbocycles. The van der Waals surface area contributed by atoms with Crippen molar-refractivity contribution >= 4 is 62.8 Å². The first-order chi connectivity index (χ1) is 13.8. The highest BCUT2D eigenvalue weighted by Crippen LogP contribution is 2.35. The quantitative estimate of drug-likeness (QED) is 0.321. The highest BCUT2D eigenvalue weighted by atomic mass is 79.9. The van der Waals surface area contributed by atoms with Gasteiger partial charge in [0.1, 0.15) is 11.6 Å². The Morgan fingerprint density at radius 3 is 2.52 bits per heavy atom. The number of hydrogen-bond acceptors (Lipinski definition) is 5. The highest BCUT2D eigenvalue weighted by molar-refractivity contribution is 9.10. The Balaban J connectivity index is 2.19. The third-order valence-electron chi connectivity index (χ3n) is 3.42. The molecule has 0 aliphatic carbocycles. The second-order valence-electron chi connectivity index (χ2n) is 5.54. The smallest absolute Gasteiger partial charge is 0.344 e. The maximum atomic E-state index is 12.4. The highest BCUT2D eigenvalue weighted by Gasteiger charge is 2.14. The van der Waals surface area contributed by atoms with E-state index in [0.29, 0.717) is 11.3 Å². The molecule has 0 heterocycles. The molecule has 0 saturated heterocycles. The molecule has 0 aliphatic heterocycles. The zero-order valence-electron chi connectivity index (χ0n) is 15.2. The average Bonchev–Trinajstić information content (AvgIpc) is 2.65. The summed E-state index contributed by atoms with van der Waals surface area (Å²) in [6.45, 7) is 1.56. The number of anilines is 1. The summed E-state index contributed by atoms with van der Waals surface area (Å²) >= 11 is 15.7. The standard InChI is InChI=1S/C20H15BrCl2N2O4/c1-2-28-18(26)11-29-19-16(22)7-12(8-17(19)23)6-13(10-24)20(27)25-15-5-3-4-14(21)9-15/h3-9H,2,11H2,1H3,(H,25,27)/b13-6-. The minimum Gasteiger partial charge on any atom is -0.479 e. The Kier molecular flexibility index (Phi) is 8.52. The van der Waals surface area contributed by atoms with Gasteiger partial charge in [-0.3, -0.25) is 4.79 Å². The second-order valence-corrected chi connectivity index (χ2v) is 7.27. The van der Waals surface area contributed by atoms with Gasteiger partial charge in [-0.1, -0.05) is 45.2 Å². The number of benzene rings is 2. The summed E-state index contributed by atoms with van der Waals surface area (Å²) in [5.41, 5.74) is 0.811. The molecule has 0 spiro atoms. The molecule has 2 aromatic rings. The van der Waals surface area contributed by atoms with E-state index in [0.717, 1.165) is 4.47 Å². The molecule has 6 nitrogen and oxygen atoms in total. The van der Waals surface area contributed by atoms with Gasteiger partial charge in [-0.2, -0.15) is 5.26 Å². The van der Waals surface area contributed by atoms with Crippen molar-refractivity contribution in [3.05, 3.63) is 62.1 Å². The molecule has 0 aliphatic rings. The number of hydrogen-bond donors (Lipinski definition) is 1. The van der Waals surface area contributed by atoms with Crippen LogP contribution in [0.5, 0.6) is 5.75 Å². The third kappa shape index (κ3) is 6.79. The number of ether oxygens (including phenoxy) is 2. The van der Waals surface area contributed by atoms with Gasteiger partial charge in [-0.25, -0.2) is 4.79 Å². The first-order valence-electron chi connectivity index (χ1n) is 8.30. The Labute approximate surface area is 186 Å². The molecule has 0 bridgehead atoms. The van der Waals surface area contributed by atoms with Gasteiger partial charge in [0.15, 0.2) is 12.4 Å². The number of amides is 1. The van der Waals surface area contributed by atoms with E-state index in [1.54, 1.807) is 25.1 Å². The Morgan fingerprint density at radius 1 is 1.24 bits per heavy atom. The van der Waals surface area contributed by atoms with Gasteiger partial charge in [-0.15, -0.1) is 0 Å². The van der Waals surface area contributed by atoms with E-state index in [1.807, 2.05) is 12.1 Å². The van der Waals surface area contributed by atoms with E-state index >= 15 is 0 Å². The van der Waals surface area contributed by atoms with Crippen molar-refractivity contribution in [2.24, 2.45) is 0 Å². The summed E-state index contributed by atoms with van der Waals surface area (Å²) in [5.74, 6) is -1.03. The fraction of sp³-hybridized carbons (Fsp3) is 0.150. The summed E-state index contributed by atoms with van der Waals surface area (Å²) in [4.78, 5) is 23.8. The van der Waals surface area contributed by atoms with Crippen LogP contribution in [0.25, 0.3) is 6.08 Å². The van der Waals surface area contributed by atoms with Gasteiger partial charge in [0.2, 0.25) is 0 Å². The van der Waals surface area contributed by atoms with Gasteiger partial charge >= 0.3 is 5.97 Å². The predicted molar refractivity (Wildman–Crippen MR) is 115 cm³/mol. The Morgan fingerprint density at radius 2 is 1.93 bits per heavy atom. The van der Waals surface area contributed by atoms with E-state index in [9.17, 15) is 14.9 Å². The number of carbonyl (C=O) groups excluding carboxylic acids is 2. The molecule has 0 fully saturated rings. The number of nitrogens with one attached hydrogen (secondary N) is 1. The summed E-state index contributed by atoms with van der Waals surface area (Å²) in [6, 6.07) is 11.8. The molecular weight excluding hydrogens is 483 g/mol. The van der Waals surface area contributed by atoms with Crippen LogP contribution in [0.3, 0.4) is 0 Å². The normalized spacial score (nSPS) is 10.8. The van der Waals surface area contributed by atoms with Crippen molar-refractivity contribution in [1.82, 2.24) is 0 Å². The van der Waals surface area contributed by atoms with E-state index in [2.05, 4.69) is 21.2 Å². The minimum atomic E-state index is -0.583. The first kappa shape index (κ1) is 22.8. The van der Waals surface area contributed by atoms with Gasteiger partial charge < -0.3 is 14.8 Å². The van der Waals surface area contributed by atoms with Crippen LogP contribution in [0, 0.1) is 11.3 Å². The Bertz CT molecular complexity index is 979. The van der Waals surface area contributed by atoms with Crippen molar-refractivity contribution in [2.75, 3.05) is 18.5 Å². The van der Waals surface area contributed by atoms with Gasteiger partial charge in [0.25, 0.3) is 5.91 Å². The number of nitrogens with zero attached hydrogens (tertiary/aromatic N) is 1. The van der Waals surface area contributed by atoms with Crippen molar-refractivity contribution in [1.29, 1.82) is 5.26 Å². The molecule has 1 N–H and O–H groups in total. The van der Waals surface area contributed by atoms with Crippen molar-refractivity contribution in [2.45, 2.75) is 6.92 Å². The maximum absolute atomic E-state index is 12.4. The van der Waals surface area contributed by atoms with Crippen molar-refractivity contribution in [3.8, 4) is 11.8 Å². The predicted octanol–water partition coefficient (Wildman–Crippen LogP) is 5.24. The summed E-state index contributed by atoms with van der Waals surface area (Å²) < 4.78 is 10.9. The Hall–Kier alpha value is -2.53. The first-order valence-corrected chi connectivity index (χ1v) is 9.85. The molecule has 0 aromatic heterocycles. The topological polar surface area (TPSA) is 88.4 Å². The van der Waals surface area contributed by atoms with Crippen LogP contribution >= 0.6 is 39.1 Å². The lowest BCUT2D eigenvalue weighted by molar-refractivity contribution is -0.145. The lowest BCUT2D eigenvalue weighted by atomic mass is 10.1. The lowest BCUT2D eigenvalue weighted by Gasteiger charge is -2.10. The minimum absolute atomic E-state index is 0.107. The largest absolute Gasteiger partial charge is 0.479 e. The molecular formula is C20H15BrCl2N2O4. The van der Waals surface area contributed by atoms with E-state index in [4.69, 9.17) is 32.7 Å².